The molecule has 0 fully saturated rings. The molecular formula is C16H15NO3S. The highest BCUT2D eigenvalue weighted by molar-refractivity contribution is 7.15. The maximum Gasteiger partial charge on any atom is 0.345 e. The van der Waals surface area contributed by atoms with E-state index in [1.165, 1.54) is 17.2 Å². The van der Waals surface area contributed by atoms with E-state index in [-0.39, 0.29) is 16.8 Å². The highest BCUT2D eigenvalue weighted by atomic mass is 32.1. The second-order valence-electron chi connectivity index (χ2n) is 5.22. The second-order valence-corrected chi connectivity index (χ2v) is 6.30. The summed E-state index contributed by atoms with van der Waals surface area (Å²) < 4.78 is 0. The molecule has 1 aromatic carbocycles. The zero-order valence-corrected chi connectivity index (χ0v) is 12.4. The van der Waals surface area contributed by atoms with E-state index in [9.17, 15) is 9.59 Å². The molecule has 0 saturated carbocycles. The standard InChI is InChI=1S/C16H15NO3S/c1-17(12-8-10-4-2-3-5-11(10)9-12)15(18)13-6-7-14(21-13)16(19)20/h2-7,12H,8-9H2,1H3,(H,19,20). The lowest BCUT2D eigenvalue weighted by molar-refractivity contribution is 0.0701. The van der Waals surface area contributed by atoms with Gasteiger partial charge in [0, 0.05) is 13.1 Å². The van der Waals surface area contributed by atoms with Gasteiger partial charge in [0.25, 0.3) is 5.91 Å². The maximum atomic E-state index is 12.5. The van der Waals surface area contributed by atoms with Gasteiger partial charge in [0.05, 0.1) is 4.88 Å². The normalized spacial score (nSPS) is 14.0. The summed E-state index contributed by atoms with van der Waals surface area (Å²) in [5, 5.41) is 8.93. The van der Waals surface area contributed by atoms with Gasteiger partial charge in [-0.2, -0.15) is 0 Å². The third-order valence-corrected chi connectivity index (χ3v) is 4.99. The van der Waals surface area contributed by atoms with Gasteiger partial charge >= 0.3 is 5.97 Å². The first-order valence-electron chi connectivity index (χ1n) is 6.73. The predicted octanol–water partition coefficient (Wildman–Crippen LogP) is 2.69. The molecule has 1 aliphatic rings. The molecule has 3 rings (SSSR count). The Bertz CT molecular complexity index is 682. The van der Waals surface area contributed by atoms with Gasteiger partial charge in [0.1, 0.15) is 4.88 Å². The number of hydrogen-bond donors (Lipinski definition) is 1. The van der Waals surface area contributed by atoms with E-state index in [0.29, 0.717) is 4.88 Å². The lowest BCUT2D eigenvalue weighted by atomic mass is 10.1. The Morgan fingerprint density at radius 1 is 1.10 bits per heavy atom. The van der Waals surface area contributed by atoms with Gasteiger partial charge in [-0.1, -0.05) is 24.3 Å². The van der Waals surface area contributed by atoms with E-state index in [1.54, 1.807) is 18.0 Å². The number of amides is 1. The van der Waals surface area contributed by atoms with Crippen molar-refractivity contribution in [3.8, 4) is 0 Å². The number of nitrogens with zero attached hydrogens (tertiary/aromatic N) is 1. The summed E-state index contributed by atoms with van der Waals surface area (Å²) in [6.45, 7) is 0. The van der Waals surface area contributed by atoms with Gasteiger partial charge in [-0.3, -0.25) is 4.79 Å². The summed E-state index contributed by atoms with van der Waals surface area (Å²) in [6.07, 6.45) is 1.71. The van der Waals surface area contributed by atoms with Crippen LogP contribution in [0.3, 0.4) is 0 Å². The fourth-order valence-corrected chi connectivity index (χ4v) is 3.54. The van der Waals surface area contributed by atoms with E-state index in [1.807, 2.05) is 12.1 Å². The van der Waals surface area contributed by atoms with E-state index in [2.05, 4.69) is 12.1 Å². The molecule has 0 unspecified atom stereocenters. The van der Waals surface area contributed by atoms with E-state index < -0.39 is 5.97 Å². The minimum atomic E-state index is -0.991. The molecule has 2 aromatic rings. The maximum absolute atomic E-state index is 12.5. The average Bonchev–Trinajstić information content (AvgIpc) is 3.12. The second kappa shape index (κ2) is 5.33. The zero-order chi connectivity index (χ0) is 15.0. The largest absolute Gasteiger partial charge is 0.477 e. The zero-order valence-electron chi connectivity index (χ0n) is 11.6. The molecular weight excluding hydrogens is 286 g/mol. The molecule has 1 aromatic heterocycles. The molecule has 0 spiro atoms. The summed E-state index contributed by atoms with van der Waals surface area (Å²) >= 11 is 1.03. The molecule has 4 nitrogen and oxygen atoms in total. The molecule has 108 valence electrons. The van der Waals surface area contributed by atoms with Crippen molar-refractivity contribution in [3.63, 3.8) is 0 Å². The third-order valence-electron chi connectivity index (χ3n) is 3.93. The van der Waals surface area contributed by atoms with Crippen LogP contribution in [-0.2, 0) is 12.8 Å². The number of hydrogen-bond acceptors (Lipinski definition) is 3. The number of fused-ring (bicyclic) bond motifs is 1. The molecule has 0 saturated heterocycles. The molecule has 1 N–H and O–H groups in total. The van der Waals surface area contributed by atoms with Gasteiger partial charge < -0.3 is 10.0 Å². The number of benzene rings is 1. The van der Waals surface area contributed by atoms with Gasteiger partial charge in [-0.25, -0.2) is 4.79 Å². The van der Waals surface area contributed by atoms with Crippen LogP contribution in [0.2, 0.25) is 0 Å². The van der Waals surface area contributed by atoms with Gasteiger partial charge in [-0.05, 0) is 36.1 Å². The van der Waals surface area contributed by atoms with Crippen LogP contribution in [0.25, 0.3) is 0 Å². The minimum absolute atomic E-state index is 0.106. The van der Waals surface area contributed by atoms with Gasteiger partial charge in [-0.15, -0.1) is 11.3 Å². The number of carboxylic acids is 1. The topological polar surface area (TPSA) is 57.6 Å². The van der Waals surface area contributed by atoms with E-state index in [0.717, 1.165) is 24.2 Å². The first-order valence-corrected chi connectivity index (χ1v) is 7.55. The number of carbonyl (C=O) groups excluding carboxylic acids is 1. The van der Waals surface area contributed by atoms with E-state index in [4.69, 9.17) is 5.11 Å². The Morgan fingerprint density at radius 3 is 2.19 bits per heavy atom. The van der Waals surface area contributed by atoms with Crippen LogP contribution in [0.1, 0.15) is 30.5 Å². The highest BCUT2D eigenvalue weighted by Gasteiger charge is 2.28. The Balaban J connectivity index is 1.75. The molecule has 1 amide bonds. The van der Waals surface area contributed by atoms with E-state index >= 15 is 0 Å². The number of carbonyl (C=O) groups is 2. The first kappa shape index (κ1) is 13.8. The van der Waals surface area contributed by atoms with Crippen LogP contribution in [0.5, 0.6) is 0 Å². The molecule has 21 heavy (non-hydrogen) atoms. The van der Waals surface area contributed by atoms with Crippen molar-refractivity contribution in [1.29, 1.82) is 0 Å². The fourth-order valence-electron chi connectivity index (χ4n) is 2.72. The van der Waals surface area contributed by atoms with Gasteiger partial charge in [0.2, 0.25) is 0 Å². The Morgan fingerprint density at radius 2 is 1.67 bits per heavy atom. The number of thiophene rings is 1. The lowest BCUT2D eigenvalue weighted by Crippen LogP contribution is -2.37. The summed E-state index contributed by atoms with van der Waals surface area (Å²) in [5.74, 6) is -1.10. The quantitative estimate of drug-likeness (QED) is 0.948. The van der Waals surface area contributed by atoms with Gasteiger partial charge in [0.15, 0.2) is 0 Å². The van der Waals surface area contributed by atoms with Crippen molar-refractivity contribution < 1.29 is 14.7 Å². The Labute approximate surface area is 126 Å². The van der Waals surface area contributed by atoms with Crippen LogP contribution >= 0.6 is 11.3 Å². The SMILES string of the molecule is CN(C(=O)c1ccc(C(=O)O)s1)C1Cc2ccccc2C1. The third kappa shape index (κ3) is 2.56. The molecule has 0 radical (unpaired) electrons. The van der Waals surface area contributed by atoms with Crippen LogP contribution in [-0.4, -0.2) is 35.0 Å². The van der Waals surface area contributed by atoms with Crippen molar-refractivity contribution >= 4 is 23.2 Å². The summed E-state index contributed by atoms with van der Waals surface area (Å²) in [4.78, 5) is 25.8. The van der Waals surface area contributed by atoms with Crippen LogP contribution < -0.4 is 0 Å². The molecule has 1 heterocycles. The Hall–Kier alpha value is -2.14. The van der Waals surface area contributed by atoms with Crippen molar-refractivity contribution in [2.75, 3.05) is 7.05 Å². The van der Waals surface area contributed by atoms with Crippen LogP contribution in [0.15, 0.2) is 36.4 Å². The fraction of sp³-hybridized carbons (Fsp3) is 0.250. The summed E-state index contributed by atoms with van der Waals surface area (Å²) in [7, 11) is 1.79. The van der Waals surface area contributed by atoms with Crippen molar-refractivity contribution in [1.82, 2.24) is 4.90 Å². The van der Waals surface area contributed by atoms with Crippen molar-refractivity contribution in [3.05, 3.63) is 57.3 Å². The highest BCUT2D eigenvalue weighted by Crippen LogP contribution is 2.27. The van der Waals surface area contributed by atoms with Crippen LogP contribution in [0.4, 0.5) is 0 Å². The molecule has 0 aliphatic heterocycles. The summed E-state index contributed by atoms with van der Waals surface area (Å²) in [6, 6.07) is 11.4. The monoisotopic (exact) mass is 301 g/mol. The summed E-state index contributed by atoms with van der Waals surface area (Å²) in [5.41, 5.74) is 2.58. The minimum Gasteiger partial charge on any atom is -0.477 e. The molecule has 0 bridgehead atoms. The average molecular weight is 301 g/mol. The molecule has 1 aliphatic carbocycles. The van der Waals surface area contributed by atoms with Crippen molar-refractivity contribution in [2.24, 2.45) is 0 Å². The number of carboxylic acid groups (broad SMARTS) is 1. The lowest BCUT2D eigenvalue weighted by Gasteiger charge is -2.23. The predicted molar refractivity (Wildman–Crippen MR) is 81.0 cm³/mol. The first-order chi connectivity index (χ1) is 10.1. The Kier molecular flexibility index (Phi) is 3.51. The van der Waals surface area contributed by atoms with Crippen molar-refractivity contribution in [2.45, 2.75) is 18.9 Å². The molecule has 0 atom stereocenters. The number of aromatic carboxylic acids is 1. The number of likely N-dealkylation sites (N-methyl/N-ethyl adjacent to an activating group) is 1. The smallest absolute Gasteiger partial charge is 0.345 e. The number of rotatable bonds is 3. The molecule has 5 heteroatoms. The van der Waals surface area contributed by atoms with Crippen LogP contribution in [0, 0.1) is 0 Å².